The maximum atomic E-state index is 8.68. The number of anilines is 1. The summed E-state index contributed by atoms with van der Waals surface area (Å²) in [5, 5.41) is 15.9. The number of nitrogens with two attached hydrogens (primary N) is 1. The summed E-state index contributed by atoms with van der Waals surface area (Å²) in [5.41, 5.74) is 9.85. The van der Waals surface area contributed by atoms with Gasteiger partial charge in [-0.15, -0.1) is 0 Å². The average molecular weight is 275 g/mol. The van der Waals surface area contributed by atoms with Crippen LogP contribution in [-0.2, 0) is 6.54 Å². The highest BCUT2D eigenvalue weighted by atomic mass is 32.1. The van der Waals surface area contributed by atoms with E-state index < -0.39 is 0 Å². The Bertz CT molecular complexity index is 578. The molecule has 5 heteroatoms. The first-order chi connectivity index (χ1) is 9.11. The van der Waals surface area contributed by atoms with Crippen LogP contribution in [0.1, 0.15) is 16.7 Å². The van der Waals surface area contributed by atoms with Gasteiger partial charge >= 0.3 is 0 Å². The van der Waals surface area contributed by atoms with Gasteiger partial charge in [-0.25, -0.2) is 0 Å². The Labute approximate surface area is 116 Å². The van der Waals surface area contributed by atoms with E-state index in [1.807, 2.05) is 25.1 Å². The second kappa shape index (κ2) is 5.75. The number of hydrogen-bond acceptors (Lipinski definition) is 4. The van der Waals surface area contributed by atoms with Gasteiger partial charge < -0.3 is 15.8 Å². The summed E-state index contributed by atoms with van der Waals surface area (Å²) in [6, 6.07) is 7.91. The van der Waals surface area contributed by atoms with E-state index in [1.165, 1.54) is 5.56 Å². The molecule has 2 aromatic rings. The first-order valence-corrected chi connectivity index (χ1v) is 6.87. The summed E-state index contributed by atoms with van der Waals surface area (Å²) < 4.78 is 0. The Morgan fingerprint density at radius 3 is 2.79 bits per heavy atom. The molecule has 0 spiro atoms. The number of oxime groups is 1. The highest BCUT2D eigenvalue weighted by molar-refractivity contribution is 7.07. The Balaban J connectivity index is 2.21. The van der Waals surface area contributed by atoms with Crippen LogP contribution in [0.25, 0.3) is 0 Å². The van der Waals surface area contributed by atoms with Crippen molar-refractivity contribution >= 4 is 22.9 Å². The van der Waals surface area contributed by atoms with Gasteiger partial charge in [-0.05, 0) is 53.1 Å². The summed E-state index contributed by atoms with van der Waals surface area (Å²) in [5.74, 6) is 0.134. The lowest BCUT2D eigenvalue weighted by atomic mass is 10.1. The number of aryl methyl sites for hydroxylation is 1. The Kier molecular flexibility index (Phi) is 4.06. The molecule has 0 fully saturated rings. The molecule has 1 heterocycles. The number of hydrogen-bond donors (Lipinski definition) is 2. The van der Waals surface area contributed by atoms with Crippen molar-refractivity contribution in [2.45, 2.75) is 13.5 Å². The van der Waals surface area contributed by atoms with Crippen molar-refractivity contribution in [2.24, 2.45) is 10.9 Å². The van der Waals surface area contributed by atoms with Gasteiger partial charge in [0.1, 0.15) is 0 Å². The van der Waals surface area contributed by atoms with Gasteiger partial charge in [0.2, 0.25) is 0 Å². The number of amidine groups is 1. The number of thiophene rings is 1. The fourth-order valence-electron chi connectivity index (χ4n) is 2.04. The molecular weight excluding hydrogens is 258 g/mol. The molecule has 0 aliphatic carbocycles. The number of benzene rings is 1. The quantitative estimate of drug-likeness (QED) is 0.390. The summed E-state index contributed by atoms with van der Waals surface area (Å²) in [6.07, 6.45) is 0. The molecular formula is C14H17N3OS. The highest BCUT2D eigenvalue weighted by Crippen LogP contribution is 2.22. The summed E-state index contributed by atoms with van der Waals surface area (Å²) in [6.45, 7) is 2.89. The predicted octanol–water partition coefficient (Wildman–Crippen LogP) is 2.79. The van der Waals surface area contributed by atoms with E-state index in [9.17, 15) is 0 Å². The van der Waals surface area contributed by atoms with E-state index >= 15 is 0 Å². The van der Waals surface area contributed by atoms with Crippen LogP contribution in [0.2, 0.25) is 0 Å². The molecule has 0 saturated heterocycles. The third-order valence-corrected chi connectivity index (χ3v) is 3.74. The van der Waals surface area contributed by atoms with E-state index in [4.69, 9.17) is 10.9 Å². The molecule has 0 amide bonds. The first-order valence-electron chi connectivity index (χ1n) is 5.92. The van der Waals surface area contributed by atoms with Crippen LogP contribution in [0, 0.1) is 6.92 Å². The topological polar surface area (TPSA) is 61.9 Å². The average Bonchev–Trinajstić information content (AvgIpc) is 2.90. The monoisotopic (exact) mass is 275 g/mol. The zero-order chi connectivity index (χ0) is 13.8. The van der Waals surface area contributed by atoms with Gasteiger partial charge in [-0.1, -0.05) is 5.16 Å². The Morgan fingerprint density at radius 2 is 2.21 bits per heavy atom. The van der Waals surface area contributed by atoms with Gasteiger partial charge in [0, 0.05) is 24.8 Å². The smallest absolute Gasteiger partial charge is 0.170 e. The molecule has 19 heavy (non-hydrogen) atoms. The van der Waals surface area contributed by atoms with Crippen molar-refractivity contribution in [3.63, 3.8) is 0 Å². The molecule has 3 N–H and O–H groups in total. The molecule has 0 aliphatic rings. The van der Waals surface area contributed by atoms with Crippen LogP contribution < -0.4 is 10.6 Å². The lowest BCUT2D eigenvalue weighted by Gasteiger charge is -2.21. The van der Waals surface area contributed by atoms with Crippen molar-refractivity contribution < 1.29 is 5.21 Å². The maximum Gasteiger partial charge on any atom is 0.170 e. The minimum atomic E-state index is 0.134. The summed E-state index contributed by atoms with van der Waals surface area (Å²) >= 11 is 1.70. The van der Waals surface area contributed by atoms with E-state index in [1.54, 1.807) is 11.3 Å². The van der Waals surface area contributed by atoms with E-state index in [-0.39, 0.29) is 5.84 Å². The van der Waals surface area contributed by atoms with Crippen molar-refractivity contribution in [2.75, 3.05) is 11.9 Å². The molecule has 0 saturated carbocycles. The normalized spacial score (nSPS) is 11.6. The zero-order valence-electron chi connectivity index (χ0n) is 11.0. The van der Waals surface area contributed by atoms with Crippen molar-refractivity contribution in [1.29, 1.82) is 0 Å². The van der Waals surface area contributed by atoms with Crippen molar-refractivity contribution in [3.8, 4) is 0 Å². The standard InChI is InChI=1S/C14H17N3OS/c1-10-7-12(14(15)16-18)3-4-13(10)17(2)8-11-5-6-19-9-11/h3-7,9,18H,8H2,1-2H3,(H2,15,16). The molecule has 1 aromatic heterocycles. The fourth-order valence-corrected chi connectivity index (χ4v) is 2.70. The Hall–Kier alpha value is -2.01. The van der Waals surface area contributed by atoms with E-state index in [0.29, 0.717) is 0 Å². The van der Waals surface area contributed by atoms with Crippen LogP contribution in [0.4, 0.5) is 5.69 Å². The summed E-state index contributed by atoms with van der Waals surface area (Å²) in [4.78, 5) is 2.19. The van der Waals surface area contributed by atoms with Crippen LogP contribution in [-0.4, -0.2) is 18.1 Å². The van der Waals surface area contributed by atoms with Crippen LogP contribution >= 0.6 is 11.3 Å². The molecule has 0 bridgehead atoms. The molecule has 2 rings (SSSR count). The number of nitrogens with zero attached hydrogens (tertiary/aromatic N) is 2. The molecule has 0 aliphatic heterocycles. The summed E-state index contributed by atoms with van der Waals surface area (Å²) in [7, 11) is 2.06. The molecule has 4 nitrogen and oxygen atoms in total. The lowest BCUT2D eigenvalue weighted by molar-refractivity contribution is 0.318. The molecule has 0 unspecified atom stereocenters. The molecule has 0 atom stereocenters. The third-order valence-electron chi connectivity index (χ3n) is 3.01. The van der Waals surface area contributed by atoms with Gasteiger partial charge in [0.25, 0.3) is 0 Å². The van der Waals surface area contributed by atoms with Gasteiger partial charge in [0.05, 0.1) is 0 Å². The molecule has 1 aromatic carbocycles. The van der Waals surface area contributed by atoms with Gasteiger partial charge in [-0.3, -0.25) is 0 Å². The van der Waals surface area contributed by atoms with Gasteiger partial charge in [-0.2, -0.15) is 11.3 Å². The predicted molar refractivity (Wildman–Crippen MR) is 80.1 cm³/mol. The SMILES string of the molecule is Cc1cc(/C(N)=N/O)ccc1N(C)Cc1ccsc1. The first kappa shape index (κ1) is 13.4. The highest BCUT2D eigenvalue weighted by Gasteiger charge is 2.08. The molecule has 100 valence electrons. The largest absolute Gasteiger partial charge is 0.409 e. The maximum absolute atomic E-state index is 8.68. The minimum absolute atomic E-state index is 0.134. The van der Waals surface area contributed by atoms with E-state index in [0.717, 1.165) is 23.4 Å². The van der Waals surface area contributed by atoms with Crippen LogP contribution in [0.15, 0.2) is 40.2 Å². The fraction of sp³-hybridized carbons (Fsp3) is 0.214. The third kappa shape index (κ3) is 3.06. The Morgan fingerprint density at radius 1 is 1.42 bits per heavy atom. The molecule has 0 radical (unpaired) electrons. The van der Waals surface area contributed by atoms with E-state index in [2.05, 4.69) is 33.9 Å². The second-order valence-electron chi connectivity index (χ2n) is 4.47. The lowest BCUT2D eigenvalue weighted by Crippen LogP contribution is -2.18. The van der Waals surface area contributed by atoms with Crippen molar-refractivity contribution in [1.82, 2.24) is 0 Å². The van der Waals surface area contributed by atoms with Crippen LogP contribution in [0.3, 0.4) is 0 Å². The minimum Gasteiger partial charge on any atom is -0.409 e. The second-order valence-corrected chi connectivity index (χ2v) is 5.25. The van der Waals surface area contributed by atoms with Crippen LogP contribution in [0.5, 0.6) is 0 Å². The zero-order valence-corrected chi connectivity index (χ0v) is 11.8. The number of rotatable bonds is 4. The van der Waals surface area contributed by atoms with Crippen molar-refractivity contribution in [3.05, 3.63) is 51.7 Å². The van der Waals surface area contributed by atoms with Gasteiger partial charge in [0.15, 0.2) is 5.84 Å².